The van der Waals surface area contributed by atoms with E-state index in [0.717, 1.165) is 17.0 Å². The van der Waals surface area contributed by atoms with Crippen LogP contribution in [0.5, 0.6) is 0 Å². The minimum Gasteiger partial charge on any atom is -0.447 e. The van der Waals surface area contributed by atoms with Crippen molar-refractivity contribution in [1.82, 2.24) is 4.90 Å². The number of halogens is 2. The third-order valence-electron chi connectivity index (χ3n) is 2.39. The monoisotopic (exact) mass is 269 g/mol. The highest BCUT2D eigenvalue weighted by atomic mass is 35.5. The Morgan fingerprint density at radius 1 is 1.50 bits per heavy atom. The van der Waals surface area contributed by atoms with Gasteiger partial charge in [0.1, 0.15) is 12.4 Å². The molecule has 0 aliphatic carbocycles. The van der Waals surface area contributed by atoms with Gasteiger partial charge in [-0.1, -0.05) is 17.7 Å². The molecule has 1 fully saturated rings. The normalized spacial score (nSPS) is 15.2. The second-order valence-corrected chi connectivity index (χ2v) is 4.04. The van der Waals surface area contributed by atoms with Crippen LogP contribution >= 0.6 is 11.6 Å². The van der Waals surface area contributed by atoms with Crippen LogP contribution in [0.3, 0.4) is 0 Å². The highest BCUT2D eigenvalue weighted by Gasteiger charge is 2.26. The first-order chi connectivity index (χ1) is 8.58. The fraction of sp³-hybridized carbons (Fsp3) is 0.167. The van der Waals surface area contributed by atoms with Gasteiger partial charge < -0.3 is 4.74 Å². The first-order valence-corrected chi connectivity index (χ1v) is 5.57. The number of benzene rings is 1. The summed E-state index contributed by atoms with van der Waals surface area (Å²) in [6.07, 6.45) is 1.74. The second kappa shape index (κ2) is 5.18. The van der Waals surface area contributed by atoms with Crippen LogP contribution < -0.4 is 0 Å². The van der Waals surface area contributed by atoms with Crippen LogP contribution in [0.25, 0.3) is 6.08 Å². The number of imide groups is 1. The van der Waals surface area contributed by atoms with Gasteiger partial charge in [0.2, 0.25) is 0 Å². The second-order valence-electron chi connectivity index (χ2n) is 3.60. The molecule has 18 heavy (non-hydrogen) atoms. The van der Waals surface area contributed by atoms with E-state index in [9.17, 15) is 14.0 Å². The fourth-order valence-corrected chi connectivity index (χ4v) is 1.64. The van der Waals surface area contributed by atoms with E-state index in [1.165, 1.54) is 18.2 Å². The van der Waals surface area contributed by atoms with Crippen LogP contribution in [0.4, 0.5) is 9.18 Å². The predicted molar refractivity (Wildman–Crippen MR) is 63.5 cm³/mol. The quantitative estimate of drug-likeness (QED) is 0.775. The topological polar surface area (TPSA) is 46.6 Å². The third-order valence-corrected chi connectivity index (χ3v) is 2.63. The molecule has 1 aromatic rings. The average Bonchev–Trinajstić information content (AvgIpc) is 2.74. The molecule has 4 nitrogen and oxygen atoms in total. The molecular formula is C12H9ClFNO3. The number of rotatable bonds is 2. The molecule has 0 N–H and O–H groups in total. The molecule has 0 spiro atoms. The summed E-state index contributed by atoms with van der Waals surface area (Å²) in [5.41, 5.74) is 0.223. The summed E-state index contributed by atoms with van der Waals surface area (Å²) in [6.45, 7) is 0.402. The zero-order chi connectivity index (χ0) is 13.1. The van der Waals surface area contributed by atoms with Gasteiger partial charge in [-0.05, 0) is 18.2 Å². The van der Waals surface area contributed by atoms with E-state index in [1.54, 1.807) is 0 Å². The van der Waals surface area contributed by atoms with Gasteiger partial charge in [-0.3, -0.25) is 4.79 Å². The van der Waals surface area contributed by atoms with Gasteiger partial charge in [0.05, 0.1) is 6.54 Å². The molecule has 6 heteroatoms. The minimum atomic E-state index is -0.679. The molecule has 2 amide bonds. The Bertz CT molecular complexity index is 530. The molecule has 1 heterocycles. The summed E-state index contributed by atoms with van der Waals surface area (Å²) in [6, 6.07) is 4.11. The lowest BCUT2D eigenvalue weighted by Gasteiger charge is -2.06. The number of ether oxygens (including phenoxy) is 1. The molecule has 1 saturated heterocycles. The molecule has 94 valence electrons. The average molecular weight is 270 g/mol. The molecule has 1 aliphatic rings. The minimum absolute atomic E-state index is 0.188. The lowest BCUT2D eigenvalue weighted by atomic mass is 10.2. The standard InChI is InChI=1S/C12H9ClFNO3/c13-9-3-1-8(10(14)7-9)2-4-11(16)15-5-6-18-12(15)17/h1-4,7H,5-6H2/b4-2+. The Kier molecular flexibility index (Phi) is 3.62. The van der Waals surface area contributed by atoms with Gasteiger partial charge in [-0.15, -0.1) is 0 Å². The number of hydrogen-bond acceptors (Lipinski definition) is 3. The molecule has 0 aromatic heterocycles. The first kappa shape index (κ1) is 12.6. The van der Waals surface area contributed by atoms with E-state index in [1.807, 2.05) is 0 Å². The summed E-state index contributed by atoms with van der Waals surface area (Å²) >= 11 is 5.60. The zero-order valence-corrected chi connectivity index (χ0v) is 9.98. The van der Waals surface area contributed by atoms with Gasteiger partial charge >= 0.3 is 6.09 Å². The largest absolute Gasteiger partial charge is 0.447 e. The fourth-order valence-electron chi connectivity index (χ4n) is 1.48. The summed E-state index contributed by atoms with van der Waals surface area (Å²) in [7, 11) is 0. The van der Waals surface area contributed by atoms with Crippen molar-refractivity contribution >= 4 is 29.7 Å². The van der Waals surface area contributed by atoms with Gasteiger partial charge in [0, 0.05) is 16.7 Å². The lowest BCUT2D eigenvalue weighted by Crippen LogP contribution is -2.29. The third kappa shape index (κ3) is 2.68. The number of cyclic esters (lactones) is 1. The van der Waals surface area contributed by atoms with Gasteiger partial charge in [-0.2, -0.15) is 0 Å². The molecule has 0 bridgehead atoms. The van der Waals surface area contributed by atoms with E-state index in [2.05, 4.69) is 4.74 Å². The number of hydrogen-bond donors (Lipinski definition) is 0. The Hall–Kier alpha value is -1.88. The molecular weight excluding hydrogens is 261 g/mol. The van der Waals surface area contributed by atoms with Crippen molar-refractivity contribution < 1.29 is 18.7 Å². The smallest absolute Gasteiger partial charge is 0.416 e. The van der Waals surface area contributed by atoms with Gasteiger partial charge in [0.15, 0.2) is 0 Å². The Balaban J connectivity index is 2.10. The molecule has 0 radical (unpaired) electrons. The number of carbonyl (C=O) groups excluding carboxylic acids is 2. The molecule has 0 saturated carbocycles. The first-order valence-electron chi connectivity index (χ1n) is 5.19. The van der Waals surface area contributed by atoms with Crippen molar-refractivity contribution in [3.05, 3.63) is 40.7 Å². The van der Waals surface area contributed by atoms with Crippen LogP contribution in [0.15, 0.2) is 24.3 Å². The maximum absolute atomic E-state index is 13.4. The Morgan fingerprint density at radius 3 is 2.89 bits per heavy atom. The molecule has 0 atom stereocenters. The predicted octanol–water partition coefficient (Wildman–Crippen LogP) is 2.47. The van der Waals surface area contributed by atoms with Crippen molar-refractivity contribution in [3.63, 3.8) is 0 Å². The zero-order valence-electron chi connectivity index (χ0n) is 9.23. The Labute approximate surface area is 108 Å². The lowest BCUT2D eigenvalue weighted by molar-refractivity contribution is -0.122. The molecule has 2 rings (SSSR count). The number of amides is 2. The van der Waals surface area contributed by atoms with Crippen molar-refractivity contribution in [1.29, 1.82) is 0 Å². The summed E-state index contributed by atoms with van der Waals surface area (Å²) in [5.74, 6) is -1.07. The summed E-state index contributed by atoms with van der Waals surface area (Å²) in [4.78, 5) is 23.6. The SMILES string of the molecule is O=C(/C=C/c1ccc(Cl)cc1F)N1CCOC1=O. The van der Waals surface area contributed by atoms with Crippen molar-refractivity contribution in [2.24, 2.45) is 0 Å². The number of nitrogens with zero attached hydrogens (tertiary/aromatic N) is 1. The van der Waals surface area contributed by atoms with Gasteiger partial charge in [-0.25, -0.2) is 14.1 Å². The highest BCUT2D eigenvalue weighted by molar-refractivity contribution is 6.30. The Morgan fingerprint density at radius 2 is 2.28 bits per heavy atom. The van der Waals surface area contributed by atoms with Crippen molar-refractivity contribution in [2.45, 2.75) is 0 Å². The number of carbonyl (C=O) groups is 2. The molecule has 0 unspecified atom stereocenters. The van der Waals surface area contributed by atoms with Crippen LogP contribution in [0.1, 0.15) is 5.56 Å². The van der Waals surface area contributed by atoms with E-state index in [-0.39, 0.29) is 23.7 Å². The highest BCUT2D eigenvalue weighted by Crippen LogP contribution is 2.16. The van der Waals surface area contributed by atoms with E-state index in [4.69, 9.17) is 11.6 Å². The molecule has 1 aliphatic heterocycles. The van der Waals surface area contributed by atoms with Crippen LogP contribution in [0.2, 0.25) is 5.02 Å². The maximum Gasteiger partial charge on any atom is 0.416 e. The summed E-state index contributed by atoms with van der Waals surface area (Å²) < 4.78 is 18.0. The van der Waals surface area contributed by atoms with Crippen LogP contribution in [-0.4, -0.2) is 30.1 Å². The van der Waals surface area contributed by atoms with E-state index in [0.29, 0.717) is 0 Å². The van der Waals surface area contributed by atoms with Gasteiger partial charge in [0.25, 0.3) is 5.91 Å². The summed E-state index contributed by atoms with van der Waals surface area (Å²) in [5, 5.41) is 0.277. The maximum atomic E-state index is 13.4. The van der Waals surface area contributed by atoms with Crippen molar-refractivity contribution in [3.8, 4) is 0 Å². The van der Waals surface area contributed by atoms with Crippen LogP contribution in [0, 0.1) is 5.82 Å². The van der Waals surface area contributed by atoms with Crippen molar-refractivity contribution in [2.75, 3.05) is 13.2 Å². The molecule has 1 aromatic carbocycles. The van der Waals surface area contributed by atoms with Crippen LogP contribution in [-0.2, 0) is 9.53 Å². The van der Waals surface area contributed by atoms with E-state index < -0.39 is 17.8 Å². The van der Waals surface area contributed by atoms with E-state index >= 15 is 0 Å².